The average molecular weight is 252 g/mol. The van der Waals surface area contributed by atoms with E-state index >= 15 is 0 Å². The lowest BCUT2D eigenvalue weighted by Gasteiger charge is -2.01. The SMILES string of the molecule is CC(C)c1sc(Nc2ccc(F)cc2)nc1O. The first-order valence-electron chi connectivity index (χ1n) is 5.28. The van der Waals surface area contributed by atoms with Crippen molar-refractivity contribution in [2.24, 2.45) is 0 Å². The summed E-state index contributed by atoms with van der Waals surface area (Å²) in [5, 5.41) is 13.3. The monoisotopic (exact) mass is 252 g/mol. The van der Waals surface area contributed by atoms with Crippen molar-refractivity contribution in [2.75, 3.05) is 5.32 Å². The minimum Gasteiger partial charge on any atom is -0.492 e. The Hall–Kier alpha value is -1.62. The van der Waals surface area contributed by atoms with Crippen molar-refractivity contribution in [3.63, 3.8) is 0 Å². The van der Waals surface area contributed by atoms with Crippen LogP contribution in [-0.2, 0) is 0 Å². The van der Waals surface area contributed by atoms with E-state index in [2.05, 4.69) is 10.3 Å². The van der Waals surface area contributed by atoms with Crippen molar-refractivity contribution in [1.29, 1.82) is 0 Å². The van der Waals surface area contributed by atoms with Crippen LogP contribution in [-0.4, -0.2) is 10.1 Å². The molecule has 2 aromatic rings. The number of rotatable bonds is 3. The van der Waals surface area contributed by atoms with Crippen molar-refractivity contribution in [3.05, 3.63) is 35.0 Å². The van der Waals surface area contributed by atoms with Gasteiger partial charge in [-0.2, -0.15) is 4.98 Å². The normalized spacial score (nSPS) is 10.8. The molecule has 0 saturated heterocycles. The molecule has 1 aromatic heterocycles. The average Bonchev–Trinajstić information content (AvgIpc) is 2.63. The summed E-state index contributed by atoms with van der Waals surface area (Å²) in [4.78, 5) is 4.86. The molecule has 0 unspecified atom stereocenters. The number of aromatic hydroxyl groups is 1. The second kappa shape index (κ2) is 4.71. The van der Waals surface area contributed by atoms with E-state index in [-0.39, 0.29) is 17.6 Å². The van der Waals surface area contributed by atoms with Crippen LogP contribution in [0.4, 0.5) is 15.2 Å². The fraction of sp³-hybridized carbons (Fsp3) is 0.250. The highest BCUT2D eigenvalue weighted by molar-refractivity contribution is 7.16. The minimum absolute atomic E-state index is 0.0645. The van der Waals surface area contributed by atoms with Crippen LogP contribution in [0.5, 0.6) is 5.88 Å². The van der Waals surface area contributed by atoms with Crippen LogP contribution >= 0.6 is 11.3 Å². The number of nitrogens with one attached hydrogen (secondary N) is 1. The Kier molecular flexibility index (Phi) is 3.28. The van der Waals surface area contributed by atoms with Gasteiger partial charge in [-0.25, -0.2) is 4.39 Å². The van der Waals surface area contributed by atoms with Crippen molar-refractivity contribution >= 4 is 22.2 Å². The van der Waals surface area contributed by atoms with Gasteiger partial charge in [0, 0.05) is 5.69 Å². The van der Waals surface area contributed by atoms with Crippen LogP contribution in [0, 0.1) is 5.82 Å². The zero-order valence-corrected chi connectivity index (χ0v) is 10.4. The molecule has 0 amide bonds. The maximum atomic E-state index is 12.7. The number of thiazole rings is 1. The van der Waals surface area contributed by atoms with Gasteiger partial charge in [0.15, 0.2) is 5.13 Å². The summed E-state index contributed by atoms with van der Waals surface area (Å²) in [6.45, 7) is 3.99. The number of aromatic nitrogens is 1. The molecule has 17 heavy (non-hydrogen) atoms. The molecule has 2 rings (SSSR count). The van der Waals surface area contributed by atoms with E-state index in [4.69, 9.17) is 0 Å². The Morgan fingerprint density at radius 2 is 1.94 bits per heavy atom. The third-order valence-electron chi connectivity index (χ3n) is 2.25. The molecule has 0 fully saturated rings. The zero-order chi connectivity index (χ0) is 12.4. The molecule has 90 valence electrons. The third kappa shape index (κ3) is 2.74. The highest BCUT2D eigenvalue weighted by atomic mass is 32.1. The van der Waals surface area contributed by atoms with Crippen LogP contribution in [0.15, 0.2) is 24.3 Å². The minimum atomic E-state index is -0.277. The number of halogens is 1. The van der Waals surface area contributed by atoms with Crippen LogP contribution < -0.4 is 5.32 Å². The third-order valence-corrected chi connectivity index (χ3v) is 3.51. The van der Waals surface area contributed by atoms with E-state index in [1.165, 1.54) is 23.5 Å². The summed E-state index contributed by atoms with van der Waals surface area (Å²) in [6, 6.07) is 6.00. The van der Waals surface area contributed by atoms with Crippen molar-refractivity contribution in [3.8, 4) is 5.88 Å². The van der Waals surface area contributed by atoms with E-state index in [0.29, 0.717) is 5.13 Å². The lowest BCUT2D eigenvalue weighted by molar-refractivity contribution is 0.449. The molecule has 0 atom stereocenters. The smallest absolute Gasteiger partial charge is 0.227 e. The molecule has 1 heterocycles. The van der Waals surface area contributed by atoms with Gasteiger partial charge in [0.05, 0.1) is 4.88 Å². The first kappa shape index (κ1) is 11.9. The first-order chi connectivity index (χ1) is 8.06. The molecule has 0 aliphatic carbocycles. The molecular weight excluding hydrogens is 239 g/mol. The van der Waals surface area contributed by atoms with Gasteiger partial charge in [-0.05, 0) is 30.2 Å². The standard InChI is InChI=1S/C12H13FN2OS/c1-7(2)10-11(16)15-12(17-10)14-9-5-3-8(13)4-6-9/h3-7,16H,1-2H3,(H,14,15). The van der Waals surface area contributed by atoms with Crippen LogP contribution in [0.25, 0.3) is 0 Å². The van der Waals surface area contributed by atoms with E-state index in [0.717, 1.165) is 10.6 Å². The number of hydrogen-bond donors (Lipinski definition) is 2. The van der Waals surface area contributed by atoms with Gasteiger partial charge < -0.3 is 10.4 Å². The Bertz CT molecular complexity index is 508. The Morgan fingerprint density at radius 3 is 2.47 bits per heavy atom. The van der Waals surface area contributed by atoms with Crippen molar-refractivity contribution in [2.45, 2.75) is 19.8 Å². The first-order valence-corrected chi connectivity index (χ1v) is 6.10. The summed E-state index contributed by atoms with van der Waals surface area (Å²) < 4.78 is 12.7. The maximum Gasteiger partial charge on any atom is 0.227 e. The fourth-order valence-electron chi connectivity index (χ4n) is 1.41. The van der Waals surface area contributed by atoms with E-state index in [9.17, 15) is 9.50 Å². The summed E-state index contributed by atoms with van der Waals surface area (Å²) in [5.74, 6) is 0.0197. The highest BCUT2D eigenvalue weighted by Crippen LogP contribution is 2.35. The molecule has 3 nitrogen and oxygen atoms in total. The molecule has 0 bridgehead atoms. The second-order valence-electron chi connectivity index (χ2n) is 3.99. The Morgan fingerprint density at radius 1 is 1.29 bits per heavy atom. The topological polar surface area (TPSA) is 45.2 Å². The molecule has 1 aromatic carbocycles. The quantitative estimate of drug-likeness (QED) is 0.872. The molecule has 0 saturated carbocycles. The predicted molar refractivity (Wildman–Crippen MR) is 67.6 cm³/mol. The number of benzene rings is 1. The van der Waals surface area contributed by atoms with E-state index in [1.807, 2.05) is 13.8 Å². The largest absolute Gasteiger partial charge is 0.492 e. The van der Waals surface area contributed by atoms with Gasteiger partial charge >= 0.3 is 0 Å². The van der Waals surface area contributed by atoms with Gasteiger partial charge in [0.2, 0.25) is 5.88 Å². The van der Waals surface area contributed by atoms with Crippen molar-refractivity contribution in [1.82, 2.24) is 4.98 Å². The lowest BCUT2D eigenvalue weighted by atomic mass is 10.2. The molecule has 2 N–H and O–H groups in total. The lowest BCUT2D eigenvalue weighted by Crippen LogP contribution is -1.88. The second-order valence-corrected chi connectivity index (χ2v) is 5.02. The van der Waals surface area contributed by atoms with Gasteiger partial charge in [0.1, 0.15) is 5.82 Å². The summed E-state index contributed by atoms with van der Waals surface area (Å²) in [5.41, 5.74) is 0.746. The van der Waals surface area contributed by atoms with Crippen LogP contribution in [0.2, 0.25) is 0 Å². The molecule has 0 spiro atoms. The van der Waals surface area contributed by atoms with Gasteiger partial charge in [-0.15, -0.1) is 0 Å². The van der Waals surface area contributed by atoms with Crippen LogP contribution in [0.3, 0.4) is 0 Å². The molecule has 5 heteroatoms. The zero-order valence-electron chi connectivity index (χ0n) is 9.57. The summed E-state index contributed by atoms with van der Waals surface area (Å²) >= 11 is 1.40. The van der Waals surface area contributed by atoms with E-state index < -0.39 is 0 Å². The summed E-state index contributed by atoms with van der Waals surface area (Å²) in [6.07, 6.45) is 0. The number of anilines is 2. The molecular formula is C12H13FN2OS. The van der Waals surface area contributed by atoms with Gasteiger partial charge in [-0.1, -0.05) is 25.2 Å². The fourth-order valence-corrected chi connectivity index (χ4v) is 2.29. The number of hydrogen-bond acceptors (Lipinski definition) is 4. The summed E-state index contributed by atoms with van der Waals surface area (Å²) in [7, 11) is 0. The van der Waals surface area contributed by atoms with Gasteiger partial charge in [0.25, 0.3) is 0 Å². The van der Waals surface area contributed by atoms with Crippen LogP contribution in [0.1, 0.15) is 24.6 Å². The molecule has 0 radical (unpaired) electrons. The predicted octanol–water partition coefficient (Wildman–Crippen LogP) is 3.85. The maximum absolute atomic E-state index is 12.7. The van der Waals surface area contributed by atoms with E-state index in [1.54, 1.807) is 12.1 Å². The molecule has 0 aliphatic heterocycles. The Labute approximate surface area is 103 Å². The Balaban J connectivity index is 2.19. The highest BCUT2D eigenvalue weighted by Gasteiger charge is 2.13. The van der Waals surface area contributed by atoms with Gasteiger partial charge in [-0.3, -0.25) is 0 Å². The number of nitrogens with zero attached hydrogens (tertiary/aromatic N) is 1. The van der Waals surface area contributed by atoms with Crippen molar-refractivity contribution < 1.29 is 9.50 Å². The molecule has 0 aliphatic rings.